The molecule has 3 aromatic carbocycles. The summed E-state index contributed by atoms with van der Waals surface area (Å²) in [6.07, 6.45) is 0.380. The average Bonchev–Trinajstić information content (AvgIpc) is 2.84. The number of benzene rings is 3. The molecule has 0 spiro atoms. The number of carboxylic acid groups (broad SMARTS) is 1. The van der Waals surface area contributed by atoms with Crippen LogP contribution in [0.2, 0.25) is 10.0 Å². The van der Waals surface area contributed by atoms with Crippen molar-refractivity contribution in [2.45, 2.75) is 12.3 Å². The molecule has 1 aromatic heterocycles. The highest BCUT2D eigenvalue weighted by Gasteiger charge is 2.29. The molecule has 0 bridgehead atoms. The number of ether oxygens (including phenoxy) is 2. The van der Waals surface area contributed by atoms with Crippen LogP contribution >= 0.6 is 23.2 Å². The van der Waals surface area contributed by atoms with E-state index in [0.717, 1.165) is 10.9 Å². The number of hydrogen-bond acceptors (Lipinski definition) is 5. The molecule has 176 valence electrons. The van der Waals surface area contributed by atoms with E-state index in [1.807, 2.05) is 6.07 Å². The lowest BCUT2D eigenvalue weighted by Gasteiger charge is -2.24. The van der Waals surface area contributed by atoms with Gasteiger partial charge in [-0.1, -0.05) is 23.2 Å². The van der Waals surface area contributed by atoms with Crippen LogP contribution in [0.1, 0.15) is 28.3 Å². The van der Waals surface area contributed by atoms with Gasteiger partial charge in [-0.3, -0.25) is 9.59 Å². The minimum absolute atomic E-state index is 0.269. The van der Waals surface area contributed by atoms with E-state index >= 15 is 0 Å². The van der Waals surface area contributed by atoms with E-state index in [4.69, 9.17) is 32.7 Å². The fourth-order valence-corrected chi connectivity index (χ4v) is 4.27. The molecule has 7 nitrogen and oxygen atoms in total. The maximum atomic E-state index is 12.7. The largest absolute Gasteiger partial charge is 0.493 e. The second-order valence-electron chi connectivity index (χ2n) is 7.96. The highest BCUT2D eigenvalue weighted by Crippen LogP contribution is 2.41. The topological polar surface area (TPSA) is 97.8 Å². The number of rotatable bonds is 5. The SMILES string of the molecule is O=C(Nc1ccc2cc(Cl)ccc2n1)c1ccc(Oc2cc3c(cc2Cl)[C@@H](C(=O)O)CCO3)cc1. The Bertz CT molecular complexity index is 1460. The number of amides is 1. The lowest BCUT2D eigenvalue weighted by Crippen LogP contribution is -2.20. The van der Waals surface area contributed by atoms with Crippen molar-refractivity contribution >= 4 is 51.8 Å². The second-order valence-corrected chi connectivity index (χ2v) is 8.81. The maximum absolute atomic E-state index is 12.7. The van der Waals surface area contributed by atoms with Gasteiger partial charge in [0, 0.05) is 27.6 Å². The molecule has 1 amide bonds. The van der Waals surface area contributed by atoms with Gasteiger partial charge in [0.25, 0.3) is 5.91 Å². The van der Waals surface area contributed by atoms with Crippen LogP contribution in [0.25, 0.3) is 10.9 Å². The summed E-state index contributed by atoms with van der Waals surface area (Å²) >= 11 is 12.4. The van der Waals surface area contributed by atoms with Gasteiger partial charge in [0.1, 0.15) is 23.1 Å². The van der Waals surface area contributed by atoms with Crippen LogP contribution in [0, 0.1) is 0 Å². The number of hydrogen-bond donors (Lipinski definition) is 2. The third kappa shape index (κ3) is 4.87. The molecule has 2 N–H and O–H groups in total. The molecule has 0 fully saturated rings. The second kappa shape index (κ2) is 9.44. The van der Waals surface area contributed by atoms with Crippen LogP contribution in [0.4, 0.5) is 5.82 Å². The van der Waals surface area contributed by atoms with Crippen LogP contribution in [0.5, 0.6) is 17.2 Å². The van der Waals surface area contributed by atoms with Gasteiger partial charge in [-0.2, -0.15) is 0 Å². The molecular weight excluding hydrogens is 491 g/mol. The first kappa shape index (κ1) is 23.0. The monoisotopic (exact) mass is 508 g/mol. The van der Waals surface area contributed by atoms with Gasteiger partial charge < -0.3 is 19.9 Å². The number of anilines is 1. The first-order valence-corrected chi connectivity index (χ1v) is 11.5. The Balaban J connectivity index is 1.30. The summed E-state index contributed by atoms with van der Waals surface area (Å²) in [5.74, 6) is -0.273. The molecule has 5 rings (SSSR count). The third-order valence-corrected chi connectivity index (χ3v) is 6.17. The van der Waals surface area contributed by atoms with E-state index in [9.17, 15) is 14.7 Å². The molecule has 1 aliphatic rings. The highest BCUT2D eigenvalue weighted by atomic mass is 35.5. The standard InChI is InChI=1S/C26H18Cl2N2O5/c27-16-4-7-21-15(11-16)3-8-24(29-21)30-25(31)14-1-5-17(6-2-14)35-23-13-22-19(12-20(23)28)18(26(32)33)9-10-34-22/h1-8,11-13,18H,9-10H2,(H,32,33)(H,29,30,31)/t18-/m0/s1. The summed E-state index contributed by atoms with van der Waals surface area (Å²) < 4.78 is 11.5. The van der Waals surface area contributed by atoms with Gasteiger partial charge in [-0.15, -0.1) is 0 Å². The van der Waals surface area contributed by atoms with Crippen molar-refractivity contribution < 1.29 is 24.2 Å². The van der Waals surface area contributed by atoms with Crippen molar-refractivity contribution in [2.24, 2.45) is 0 Å². The number of fused-ring (bicyclic) bond motifs is 2. The minimum atomic E-state index is -0.920. The normalized spacial score (nSPS) is 14.6. The Morgan fingerprint density at radius 1 is 1.03 bits per heavy atom. The summed E-state index contributed by atoms with van der Waals surface area (Å²) in [6.45, 7) is 0.300. The third-order valence-electron chi connectivity index (χ3n) is 5.64. The molecule has 9 heteroatoms. The van der Waals surface area contributed by atoms with E-state index in [1.165, 1.54) is 0 Å². The number of nitrogens with one attached hydrogen (secondary N) is 1. The Kier molecular flexibility index (Phi) is 6.19. The summed E-state index contributed by atoms with van der Waals surface area (Å²) in [5, 5.41) is 14.0. The Hall–Kier alpha value is -3.81. The Morgan fingerprint density at radius 3 is 2.60 bits per heavy atom. The zero-order chi connectivity index (χ0) is 24.5. The first-order chi connectivity index (χ1) is 16.9. The van der Waals surface area contributed by atoms with Crippen molar-refractivity contribution in [3.63, 3.8) is 0 Å². The number of carboxylic acids is 1. The van der Waals surface area contributed by atoms with Gasteiger partial charge in [0.2, 0.25) is 0 Å². The van der Waals surface area contributed by atoms with Gasteiger partial charge in [0.05, 0.1) is 23.1 Å². The van der Waals surface area contributed by atoms with Gasteiger partial charge >= 0.3 is 5.97 Å². The van der Waals surface area contributed by atoms with Crippen molar-refractivity contribution in [3.05, 3.63) is 87.9 Å². The number of halogens is 2. The fraction of sp³-hybridized carbons (Fsp3) is 0.115. The molecule has 0 radical (unpaired) electrons. The maximum Gasteiger partial charge on any atom is 0.311 e. The zero-order valence-corrected chi connectivity index (χ0v) is 19.6. The summed E-state index contributed by atoms with van der Waals surface area (Å²) in [7, 11) is 0. The molecular formula is C26H18Cl2N2O5. The predicted octanol–water partition coefficient (Wildman–Crippen LogP) is 6.54. The number of aliphatic carboxylic acids is 1. The van der Waals surface area contributed by atoms with E-state index in [2.05, 4.69) is 10.3 Å². The van der Waals surface area contributed by atoms with E-state index in [0.29, 0.717) is 52.2 Å². The molecule has 0 unspecified atom stereocenters. The van der Waals surface area contributed by atoms with Crippen molar-refractivity contribution in [3.8, 4) is 17.2 Å². The Labute approximate surface area is 210 Å². The van der Waals surface area contributed by atoms with Crippen LogP contribution in [-0.4, -0.2) is 28.6 Å². The Morgan fingerprint density at radius 2 is 1.83 bits per heavy atom. The van der Waals surface area contributed by atoms with E-state index in [1.54, 1.807) is 60.7 Å². The molecule has 2 heterocycles. The van der Waals surface area contributed by atoms with Crippen molar-refractivity contribution in [1.29, 1.82) is 0 Å². The van der Waals surface area contributed by atoms with Crippen LogP contribution in [-0.2, 0) is 4.79 Å². The molecule has 1 aliphatic heterocycles. The van der Waals surface area contributed by atoms with Gasteiger partial charge in [-0.05, 0) is 67.1 Å². The van der Waals surface area contributed by atoms with Crippen molar-refractivity contribution in [2.75, 3.05) is 11.9 Å². The minimum Gasteiger partial charge on any atom is -0.493 e. The number of carbonyl (C=O) groups is 2. The quantitative estimate of drug-likeness (QED) is 0.317. The fourth-order valence-electron chi connectivity index (χ4n) is 3.88. The van der Waals surface area contributed by atoms with E-state index < -0.39 is 11.9 Å². The summed E-state index contributed by atoms with van der Waals surface area (Å²) in [6, 6.07) is 18.6. The van der Waals surface area contributed by atoms with Crippen molar-refractivity contribution in [1.82, 2.24) is 4.98 Å². The molecule has 0 aliphatic carbocycles. The summed E-state index contributed by atoms with van der Waals surface area (Å²) in [5.41, 5.74) is 1.66. The first-order valence-electron chi connectivity index (χ1n) is 10.7. The highest BCUT2D eigenvalue weighted by molar-refractivity contribution is 6.32. The van der Waals surface area contributed by atoms with Crippen LogP contribution in [0.3, 0.4) is 0 Å². The summed E-state index contributed by atoms with van der Waals surface area (Å²) in [4.78, 5) is 28.6. The smallest absolute Gasteiger partial charge is 0.311 e. The molecule has 35 heavy (non-hydrogen) atoms. The number of nitrogens with zero attached hydrogens (tertiary/aromatic N) is 1. The van der Waals surface area contributed by atoms with Gasteiger partial charge in [0.15, 0.2) is 0 Å². The van der Waals surface area contributed by atoms with E-state index in [-0.39, 0.29) is 10.9 Å². The predicted molar refractivity (Wildman–Crippen MR) is 133 cm³/mol. The molecule has 4 aromatic rings. The number of carbonyl (C=O) groups excluding carboxylic acids is 1. The number of aromatic nitrogens is 1. The zero-order valence-electron chi connectivity index (χ0n) is 18.1. The van der Waals surface area contributed by atoms with Gasteiger partial charge in [-0.25, -0.2) is 4.98 Å². The molecule has 1 atom stereocenters. The van der Waals surface area contributed by atoms with Crippen LogP contribution < -0.4 is 14.8 Å². The molecule has 0 saturated heterocycles. The number of pyridine rings is 1. The van der Waals surface area contributed by atoms with Crippen LogP contribution in [0.15, 0.2) is 66.7 Å². The average molecular weight is 509 g/mol. The molecule has 0 saturated carbocycles. The lowest BCUT2D eigenvalue weighted by atomic mass is 9.93. The lowest BCUT2D eigenvalue weighted by molar-refractivity contribution is -0.139.